The molecule has 0 saturated heterocycles. The second-order valence-electron chi connectivity index (χ2n) is 4.84. The van der Waals surface area contributed by atoms with Gasteiger partial charge in [0.15, 0.2) is 6.61 Å². The van der Waals surface area contributed by atoms with Gasteiger partial charge in [0, 0.05) is 5.57 Å². The van der Waals surface area contributed by atoms with Gasteiger partial charge in [-0.25, -0.2) is 9.59 Å². The Morgan fingerprint density at radius 1 is 1.24 bits per heavy atom. The first-order chi connectivity index (χ1) is 7.93. The van der Waals surface area contributed by atoms with Crippen LogP contribution in [0.15, 0.2) is 12.2 Å². The van der Waals surface area contributed by atoms with E-state index in [0.29, 0.717) is 0 Å². The summed E-state index contributed by atoms with van der Waals surface area (Å²) in [5.74, 6) is -1.04. The Hall–Kier alpha value is -1.32. The van der Waals surface area contributed by atoms with E-state index in [-0.39, 0.29) is 17.8 Å². The molecule has 0 amide bonds. The monoisotopic (exact) mass is 240 g/mol. The Morgan fingerprint density at radius 3 is 2.35 bits per heavy atom. The van der Waals surface area contributed by atoms with Crippen LogP contribution in [0, 0.1) is 0 Å². The van der Waals surface area contributed by atoms with Crippen LogP contribution >= 0.6 is 0 Å². The van der Waals surface area contributed by atoms with Gasteiger partial charge in [-0.3, -0.25) is 0 Å². The van der Waals surface area contributed by atoms with E-state index in [1.165, 1.54) is 13.3 Å². The summed E-state index contributed by atoms with van der Waals surface area (Å²) in [4.78, 5) is 22.6. The van der Waals surface area contributed by atoms with E-state index in [0.717, 1.165) is 25.7 Å². The number of carbonyl (C=O) groups excluding carboxylic acids is 2. The first-order valence-electron chi connectivity index (χ1n) is 5.97. The lowest BCUT2D eigenvalue weighted by Gasteiger charge is -2.33. The van der Waals surface area contributed by atoms with Crippen LogP contribution in [-0.2, 0) is 19.1 Å². The van der Waals surface area contributed by atoms with Gasteiger partial charge < -0.3 is 9.47 Å². The van der Waals surface area contributed by atoms with Crippen molar-refractivity contribution in [1.29, 1.82) is 0 Å². The molecule has 0 N–H and O–H groups in total. The number of hydrogen-bond acceptors (Lipinski definition) is 4. The van der Waals surface area contributed by atoms with Crippen LogP contribution in [0.25, 0.3) is 0 Å². The zero-order chi connectivity index (χ0) is 12.9. The molecule has 1 aliphatic rings. The summed E-state index contributed by atoms with van der Waals surface area (Å²) < 4.78 is 10.1. The van der Waals surface area contributed by atoms with Crippen LogP contribution in [0.5, 0.6) is 0 Å². The second-order valence-corrected chi connectivity index (χ2v) is 4.84. The fourth-order valence-corrected chi connectivity index (χ4v) is 1.95. The van der Waals surface area contributed by atoms with E-state index in [9.17, 15) is 9.59 Å². The van der Waals surface area contributed by atoms with Gasteiger partial charge in [0.1, 0.15) is 5.60 Å². The number of esters is 2. The normalized spacial score (nSPS) is 18.2. The summed E-state index contributed by atoms with van der Waals surface area (Å²) in [6, 6.07) is 0. The molecular weight excluding hydrogens is 220 g/mol. The van der Waals surface area contributed by atoms with E-state index in [4.69, 9.17) is 9.47 Å². The molecule has 0 spiro atoms. The van der Waals surface area contributed by atoms with Gasteiger partial charge in [0.25, 0.3) is 0 Å². The van der Waals surface area contributed by atoms with Crippen molar-refractivity contribution < 1.29 is 19.1 Å². The zero-order valence-electron chi connectivity index (χ0n) is 10.6. The largest absolute Gasteiger partial charge is 0.457 e. The molecule has 0 atom stereocenters. The highest BCUT2D eigenvalue weighted by Gasteiger charge is 2.30. The lowest BCUT2D eigenvalue weighted by atomic mass is 9.86. The minimum Gasteiger partial charge on any atom is -0.457 e. The summed E-state index contributed by atoms with van der Waals surface area (Å²) in [5, 5.41) is 0. The predicted molar refractivity (Wildman–Crippen MR) is 63.4 cm³/mol. The molecule has 0 bridgehead atoms. The van der Waals surface area contributed by atoms with Crippen molar-refractivity contribution in [1.82, 2.24) is 0 Å². The molecule has 1 fully saturated rings. The maximum atomic E-state index is 11.5. The predicted octanol–water partition coefficient (Wildman–Crippen LogP) is 2.37. The molecule has 4 nitrogen and oxygen atoms in total. The smallest absolute Gasteiger partial charge is 0.344 e. The lowest BCUT2D eigenvalue weighted by Crippen LogP contribution is -2.35. The third-order valence-corrected chi connectivity index (χ3v) is 2.94. The highest BCUT2D eigenvalue weighted by atomic mass is 16.6. The molecule has 1 aliphatic carbocycles. The van der Waals surface area contributed by atoms with Gasteiger partial charge in [-0.2, -0.15) is 0 Å². The first-order valence-corrected chi connectivity index (χ1v) is 5.97. The van der Waals surface area contributed by atoms with Gasteiger partial charge in [0.2, 0.25) is 0 Å². The highest BCUT2D eigenvalue weighted by molar-refractivity contribution is 5.88. The van der Waals surface area contributed by atoms with Gasteiger partial charge >= 0.3 is 11.9 Å². The minimum absolute atomic E-state index is 0.279. The average molecular weight is 240 g/mol. The van der Waals surface area contributed by atoms with Gasteiger partial charge in [-0.1, -0.05) is 13.0 Å². The summed E-state index contributed by atoms with van der Waals surface area (Å²) in [6.07, 6.45) is 5.11. The van der Waals surface area contributed by atoms with Crippen molar-refractivity contribution in [3.05, 3.63) is 12.2 Å². The number of carbonyl (C=O) groups is 2. The average Bonchev–Trinajstić information content (AvgIpc) is 2.26. The molecule has 96 valence electrons. The van der Waals surface area contributed by atoms with Crippen molar-refractivity contribution in [2.45, 2.75) is 51.6 Å². The summed E-state index contributed by atoms with van der Waals surface area (Å²) >= 11 is 0. The lowest BCUT2D eigenvalue weighted by molar-refractivity contribution is -0.170. The van der Waals surface area contributed by atoms with Crippen LogP contribution in [0.4, 0.5) is 0 Å². The van der Waals surface area contributed by atoms with Crippen LogP contribution < -0.4 is 0 Å². The second kappa shape index (κ2) is 5.84. The van der Waals surface area contributed by atoms with E-state index in [2.05, 4.69) is 6.58 Å². The Bertz CT molecular complexity index is 313. The van der Waals surface area contributed by atoms with Gasteiger partial charge in [-0.05, 0) is 39.5 Å². The fraction of sp³-hybridized carbons (Fsp3) is 0.692. The van der Waals surface area contributed by atoms with Crippen molar-refractivity contribution in [2.24, 2.45) is 0 Å². The molecule has 0 radical (unpaired) electrons. The Labute approximate surface area is 102 Å². The highest BCUT2D eigenvalue weighted by Crippen LogP contribution is 2.31. The standard InChI is InChI=1S/C13H20O4/c1-10(2)12(15)16-9-11(14)17-13(3)7-5-4-6-8-13/h1,4-9H2,2-3H3. The maximum absolute atomic E-state index is 11.5. The topological polar surface area (TPSA) is 52.6 Å². The molecule has 0 aromatic heterocycles. The molecule has 0 aliphatic heterocycles. The van der Waals surface area contributed by atoms with Crippen molar-refractivity contribution in [2.75, 3.05) is 6.61 Å². The van der Waals surface area contributed by atoms with E-state index < -0.39 is 11.9 Å². The van der Waals surface area contributed by atoms with Crippen molar-refractivity contribution >= 4 is 11.9 Å². The number of rotatable bonds is 4. The number of hydrogen-bond donors (Lipinski definition) is 0. The SMILES string of the molecule is C=C(C)C(=O)OCC(=O)OC1(C)CCCCC1. The molecule has 1 saturated carbocycles. The summed E-state index contributed by atoms with van der Waals surface area (Å²) in [5.41, 5.74) is -0.105. The van der Waals surface area contributed by atoms with E-state index in [1.807, 2.05) is 6.92 Å². The van der Waals surface area contributed by atoms with Crippen LogP contribution in [0.3, 0.4) is 0 Å². The molecule has 17 heavy (non-hydrogen) atoms. The van der Waals surface area contributed by atoms with Crippen molar-refractivity contribution in [3.63, 3.8) is 0 Å². The molecule has 0 heterocycles. The molecule has 4 heteroatoms. The maximum Gasteiger partial charge on any atom is 0.344 e. The summed E-state index contributed by atoms with van der Waals surface area (Å²) in [7, 11) is 0. The molecule has 0 aromatic rings. The minimum atomic E-state index is -0.559. The molecular formula is C13H20O4. The van der Waals surface area contributed by atoms with Gasteiger partial charge in [0.05, 0.1) is 0 Å². The molecule has 1 rings (SSSR count). The molecule has 0 aromatic carbocycles. The fourth-order valence-electron chi connectivity index (χ4n) is 1.95. The Balaban J connectivity index is 2.33. The molecule has 0 unspecified atom stereocenters. The summed E-state index contributed by atoms with van der Waals surface area (Å²) in [6.45, 7) is 6.58. The van der Waals surface area contributed by atoms with Gasteiger partial charge in [-0.15, -0.1) is 0 Å². The van der Waals surface area contributed by atoms with E-state index in [1.54, 1.807) is 0 Å². The van der Waals surface area contributed by atoms with Crippen molar-refractivity contribution in [3.8, 4) is 0 Å². The van der Waals surface area contributed by atoms with Crippen LogP contribution in [0.2, 0.25) is 0 Å². The third kappa shape index (κ3) is 4.59. The Morgan fingerprint density at radius 2 is 1.82 bits per heavy atom. The van der Waals surface area contributed by atoms with Crippen LogP contribution in [0.1, 0.15) is 46.0 Å². The zero-order valence-corrected chi connectivity index (χ0v) is 10.6. The van der Waals surface area contributed by atoms with Crippen LogP contribution in [-0.4, -0.2) is 24.1 Å². The Kier molecular flexibility index (Phi) is 4.73. The first kappa shape index (κ1) is 13.7. The quantitative estimate of drug-likeness (QED) is 0.559. The third-order valence-electron chi connectivity index (χ3n) is 2.94. The van der Waals surface area contributed by atoms with E-state index >= 15 is 0 Å². The number of ether oxygens (including phenoxy) is 2.